The molecule has 1 aromatic heterocycles. The Hall–Kier alpha value is -1.77. The maximum Gasteiger partial charge on any atom is 0.335 e. The summed E-state index contributed by atoms with van der Waals surface area (Å²) in [6.45, 7) is 1.70. The molecule has 0 aliphatic rings. The van der Waals surface area contributed by atoms with Crippen LogP contribution in [0.1, 0.15) is 20.9 Å². The minimum atomic E-state index is -3.74. The van der Waals surface area contributed by atoms with Crippen LogP contribution >= 0.6 is 11.3 Å². The van der Waals surface area contributed by atoms with Crippen molar-refractivity contribution in [3.05, 3.63) is 45.9 Å². The van der Waals surface area contributed by atoms with Crippen LogP contribution in [0.4, 0.5) is 0 Å². The molecule has 0 bridgehead atoms. The van der Waals surface area contributed by atoms with Gasteiger partial charge in [0.05, 0.1) is 15.5 Å². The van der Waals surface area contributed by atoms with Gasteiger partial charge >= 0.3 is 5.97 Å². The van der Waals surface area contributed by atoms with E-state index in [2.05, 4.69) is 9.71 Å². The molecule has 0 aliphatic heterocycles. The van der Waals surface area contributed by atoms with Crippen molar-refractivity contribution < 1.29 is 18.3 Å². The fourth-order valence-corrected chi connectivity index (χ4v) is 3.80. The summed E-state index contributed by atoms with van der Waals surface area (Å²) in [4.78, 5) is 15.1. The number of carboxylic acids is 1. The molecule has 0 amide bonds. The number of nitrogens with zero attached hydrogens (tertiary/aromatic N) is 1. The second-order valence-electron chi connectivity index (χ2n) is 4.31. The molecule has 0 atom stereocenters. The molecule has 112 valence electrons. The van der Waals surface area contributed by atoms with Crippen LogP contribution in [0, 0.1) is 6.92 Å². The van der Waals surface area contributed by atoms with E-state index in [1.165, 1.54) is 36.5 Å². The molecular weight excluding hydrogens is 312 g/mol. The zero-order valence-corrected chi connectivity index (χ0v) is 12.9. The Morgan fingerprint density at radius 1 is 1.43 bits per heavy atom. The maximum absolute atomic E-state index is 12.2. The molecule has 6 nitrogen and oxygen atoms in total. The van der Waals surface area contributed by atoms with Gasteiger partial charge in [0.1, 0.15) is 0 Å². The summed E-state index contributed by atoms with van der Waals surface area (Å²) in [5.41, 5.74) is 0.213. The van der Waals surface area contributed by atoms with E-state index in [0.717, 1.165) is 5.01 Å². The summed E-state index contributed by atoms with van der Waals surface area (Å²) in [6.07, 6.45) is 2.16. The molecule has 0 fully saturated rings. The maximum atomic E-state index is 12.2. The number of benzene rings is 1. The van der Waals surface area contributed by atoms with Crippen LogP contribution in [0.2, 0.25) is 0 Å². The van der Waals surface area contributed by atoms with Crippen LogP contribution in [-0.4, -0.2) is 31.0 Å². The van der Waals surface area contributed by atoms with E-state index in [4.69, 9.17) is 5.11 Å². The third-order valence-electron chi connectivity index (χ3n) is 2.92. The highest BCUT2D eigenvalue weighted by molar-refractivity contribution is 7.89. The Kier molecular flexibility index (Phi) is 4.71. The number of thiazole rings is 1. The number of aromatic carboxylic acids is 1. The van der Waals surface area contributed by atoms with Crippen molar-refractivity contribution in [3.63, 3.8) is 0 Å². The number of sulfonamides is 1. The zero-order chi connectivity index (χ0) is 15.5. The summed E-state index contributed by atoms with van der Waals surface area (Å²) >= 11 is 1.46. The molecular formula is C13H14N2O4S2. The Labute approximate surface area is 126 Å². The molecule has 2 rings (SSSR count). The smallest absolute Gasteiger partial charge is 0.335 e. The minimum absolute atomic E-state index is 0.0125. The average molecular weight is 326 g/mol. The van der Waals surface area contributed by atoms with Gasteiger partial charge in [0.2, 0.25) is 10.0 Å². The average Bonchev–Trinajstić information content (AvgIpc) is 2.91. The second-order valence-corrected chi connectivity index (χ2v) is 7.02. The fraction of sp³-hybridized carbons (Fsp3) is 0.231. The second kappa shape index (κ2) is 6.33. The molecule has 0 saturated heterocycles. The lowest BCUT2D eigenvalue weighted by atomic mass is 10.1. The monoisotopic (exact) mass is 326 g/mol. The SMILES string of the molecule is Cc1c(C(=O)O)cccc1S(=O)(=O)NCCc1nccs1. The Bertz CT molecular complexity index is 740. The lowest BCUT2D eigenvalue weighted by Gasteiger charge is -2.10. The van der Waals surface area contributed by atoms with Gasteiger partial charge < -0.3 is 5.11 Å². The van der Waals surface area contributed by atoms with E-state index >= 15 is 0 Å². The summed E-state index contributed by atoms with van der Waals surface area (Å²) < 4.78 is 26.9. The molecule has 0 aliphatic carbocycles. The van der Waals surface area contributed by atoms with Crippen molar-refractivity contribution >= 4 is 27.3 Å². The standard InChI is InChI=1S/C13H14N2O4S2/c1-9-10(13(16)17)3-2-4-11(9)21(18,19)15-6-5-12-14-7-8-20-12/h2-4,7-8,15H,5-6H2,1H3,(H,16,17). The number of rotatable bonds is 6. The molecule has 1 aromatic carbocycles. The van der Waals surface area contributed by atoms with Crippen LogP contribution in [0.5, 0.6) is 0 Å². The highest BCUT2D eigenvalue weighted by Gasteiger charge is 2.20. The fourth-order valence-electron chi connectivity index (χ4n) is 1.88. The molecule has 0 unspecified atom stereocenters. The van der Waals surface area contributed by atoms with E-state index in [9.17, 15) is 13.2 Å². The highest BCUT2D eigenvalue weighted by atomic mass is 32.2. The van der Waals surface area contributed by atoms with Crippen molar-refractivity contribution in [3.8, 4) is 0 Å². The largest absolute Gasteiger partial charge is 0.478 e. The van der Waals surface area contributed by atoms with E-state index in [1.54, 1.807) is 6.20 Å². The van der Waals surface area contributed by atoms with Crippen LogP contribution in [0.3, 0.4) is 0 Å². The molecule has 0 saturated carbocycles. The quantitative estimate of drug-likeness (QED) is 0.842. The van der Waals surface area contributed by atoms with Crippen molar-refractivity contribution in [2.24, 2.45) is 0 Å². The third kappa shape index (κ3) is 3.66. The van der Waals surface area contributed by atoms with E-state index in [0.29, 0.717) is 6.42 Å². The predicted molar refractivity (Wildman–Crippen MR) is 79.1 cm³/mol. The predicted octanol–water partition coefficient (Wildman–Crippen LogP) is 1.67. The first-order valence-electron chi connectivity index (χ1n) is 6.13. The summed E-state index contributed by atoms with van der Waals surface area (Å²) in [7, 11) is -3.74. The molecule has 0 radical (unpaired) electrons. The first kappa shape index (κ1) is 15.6. The number of hydrogen-bond donors (Lipinski definition) is 2. The van der Waals surface area contributed by atoms with Crippen LogP contribution in [-0.2, 0) is 16.4 Å². The summed E-state index contributed by atoms with van der Waals surface area (Å²) in [5.74, 6) is -1.15. The number of carbonyl (C=O) groups is 1. The Morgan fingerprint density at radius 2 is 2.19 bits per heavy atom. The van der Waals surface area contributed by atoms with Gasteiger partial charge in [-0.05, 0) is 24.6 Å². The van der Waals surface area contributed by atoms with Crippen molar-refractivity contribution in [2.45, 2.75) is 18.2 Å². The molecule has 2 aromatic rings. The Balaban J connectivity index is 2.16. The van der Waals surface area contributed by atoms with E-state index in [1.807, 2.05) is 5.38 Å². The summed E-state index contributed by atoms with van der Waals surface area (Å²) in [5, 5.41) is 11.7. The highest BCUT2D eigenvalue weighted by Crippen LogP contribution is 2.19. The third-order valence-corrected chi connectivity index (χ3v) is 5.36. The van der Waals surface area contributed by atoms with Gasteiger partial charge in [-0.1, -0.05) is 6.07 Å². The normalized spacial score (nSPS) is 11.5. The van der Waals surface area contributed by atoms with Gasteiger partial charge in [-0.2, -0.15) is 0 Å². The van der Waals surface area contributed by atoms with E-state index in [-0.39, 0.29) is 22.6 Å². The minimum Gasteiger partial charge on any atom is -0.478 e. The number of nitrogens with one attached hydrogen (secondary N) is 1. The molecule has 8 heteroatoms. The van der Waals surface area contributed by atoms with Crippen LogP contribution in [0.25, 0.3) is 0 Å². The van der Waals surface area contributed by atoms with Crippen molar-refractivity contribution in [1.82, 2.24) is 9.71 Å². The first-order chi connectivity index (χ1) is 9.92. The van der Waals surface area contributed by atoms with Gasteiger partial charge in [0, 0.05) is 24.5 Å². The van der Waals surface area contributed by atoms with Crippen LogP contribution < -0.4 is 4.72 Å². The van der Waals surface area contributed by atoms with Gasteiger partial charge in [0.25, 0.3) is 0 Å². The molecule has 1 heterocycles. The zero-order valence-electron chi connectivity index (χ0n) is 11.2. The van der Waals surface area contributed by atoms with Crippen LogP contribution in [0.15, 0.2) is 34.7 Å². The van der Waals surface area contributed by atoms with Gasteiger partial charge in [-0.25, -0.2) is 22.9 Å². The molecule has 2 N–H and O–H groups in total. The summed E-state index contributed by atoms with van der Waals surface area (Å²) in [6, 6.07) is 4.20. The van der Waals surface area contributed by atoms with E-state index < -0.39 is 16.0 Å². The number of hydrogen-bond acceptors (Lipinski definition) is 5. The van der Waals surface area contributed by atoms with Crippen molar-refractivity contribution in [2.75, 3.05) is 6.54 Å². The first-order valence-corrected chi connectivity index (χ1v) is 8.49. The molecule has 0 spiro atoms. The van der Waals surface area contributed by atoms with Crippen molar-refractivity contribution in [1.29, 1.82) is 0 Å². The van der Waals surface area contributed by atoms with Gasteiger partial charge in [0.15, 0.2) is 0 Å². The molecule has 21 heavy (non-hydrogen) atoms. The van der Waals surface area contributed by atoms with Gasteiger partial charge in [-0.3, -0.25) is 0 Å². The van der Waals surface area contributed by atoms with Gasteiger partial charge in [-0.15, -0.1) is 11.3 Å². The topological polar surface area (TPSA) is 96.4 Å². The Morgan fingerprint density at radius 3 is 2.81 bits per heavy atom. The lowest BCUT2D eigenvalue weighted by molar-refractivity contribution is 0.0696. The number of carboxylic acid groups (broad SMARTS) is 1. The lowest BCUT2D eigenvalue weighted by Crippen LogP contribution is -2.27. The number of aromatic nitrogens is 1.